The molecule has 1 N–H and O–H groups in total. The van der Waals surface area contributed by atoms with Crippen molar-refractivity contribution in [1.82, 2.24) is 0 Å². The average Bonchev–Trinajstić information content (AvgIpc) is 2.20. The first-order chi connectivity index (χ1) is 7.80. The molecule has 0 atom stereocenters. The van der Waals surface area contributed by atoms with Crippen LogP contribution in [-0.4, -0.2) is 25.2 Å². The summed E-state index contributed by atoms with van der Waals surface area (Å²) in [5.41, 5.74) is 0.472. The summed E-state index contributed by atoms with van der Waals surface area (Å²) in [5.74, 6) is -1.75. The van der Waals surface area contributed by atoms with Crippen molar-refractivity contribution >= 4 is 43.3 Å². The molecule has 0 spiro atoms. The van der Waals surface area contributed by atoms with Crippen molar-refractivity contribution in [3.05, 3.63) is 33.3 Å². The van der Waals surface area contributed by atoms with Crippen LogP contribution in [0, 0.1) is 0 Å². The van der Waals surface area contributed by atoms with Gasteiger partial charge in [0.05, 0.1) is 17.9 Å². The second-order valence-corrected chi connectivity index (χ2v) is 6.98. The summed E-state index contributed by atoms with van der Waals surface area (Å²) >= 11 is 9.10. The van der Waals surface area contributed by atoms with Crippen LogP contribution in [0.3, 0.4) is 0 Å². The van der Waals surface area contributed by atoms with Crippen LogP contribution in [0.5, 0.6) is 0 Å². The standard InChI is InChI=1S/C10H10BrClO4S/c11-8-2-1-7(9(12)5-8)6-17(15,16)4-3-10(13)14/h1-2,5H,3-4,6H2,(H,13,14). The molecular formula is C10H10BrClO4S. The molecule has 0 radical (unpaired) electrons. The Kier molecular flexibility index (Phi) is 4.97. The van der Waals surface area contributed by atoms with Gasteiger partial charge >= 0.3 is 5.97 Å². The lowest BCUT2D eigenvalue weighted by Gasteiger charge is -2.05. The number of rotatable bonds is 5. The highest BCUT2D eigenvalue weighted by Crippen LogP contribution is 2.23. The highest BCUT2D eigenvalue weighted by Gasteiger charge is 2.15. The summed E-state index contributed by atoms with van der Waals surface area (Å²) < 4.78 is 24.0. The van der Waals surface area contributed by atoms with Crippen molar-refractivity contribution in [2.45, 2.75) is 12.2 Å². The monoisotopic (exact) mass is 340 g/mol. The number of carbonyl (C=O) groups is 1. The number of carboxylic acid groups (broad SMARTS) is 1. The van der Waals surface area contributed by atoms with Gasteiger partial charge < -0.3 is 5.11 Å². The van der Waals surface area contributed by atoms with E-state index in [-0.39, 0.29) is 11.5 Å². The van der Waals surface area contributed by atoms with Crippen LogP contribution in [0.25, 0.3) is 0 Å². The van der Waals surface area contributed by atoms with E-state index in [1.54, 1.807) is 18.2 Å². The molecule has 0 fully saturated rings. The molecule has 1 aromatic rings. The minimum atomic E-state index is -3.45. The van der Waals surface area contributed by atoms with E-state index in [9.17, 15) is 13.2 Å². The van der Waals surface area contributed by atoms with Gasteiger partial charge in [0.15, 0.2) is 9.84 Å². The molecule has 4 nitrogen and oxygen atoms in total. The Morgan fingerprint density at radius 3 is 2.59 bits per heavy atom. The summed E-state index contributed by atoms with van der Waals surface area (Å²) in [6.07, 6.45) is -0.392. The molecule has 0 aliphatic rings. The van der Waals surface area contributed by atoms with E-state index in [1.807, 2.05) is 0 Å². The van der Waals surface area contributed by atoms with E-state index in [4.69, 9.17) is 16.7 Å². The largest absolute Gasteiger partial charge is 0.481 e. The molecule has 17 heavy (non-hydrogen) atoms. The molecule has 0 heterocycles. The van der Waals surface area contributed by atoms with Crippen molar-refractivity contribution in [2.24, 2.45) is 0 Å². The Morgan fingerprint density at radius 2 is 2.06 bits per heavy atom. The Labute approximate surface area is 113 Å². The molecular weight excluding hydrogens is 332 g/mol. The Hall–Kier alpha value is -0.590. The highest BCUT2D eigenvalue weighted by molar-refractivity contribution is 9.10. The van der Waals surface area contributed by atoms with Gasteiger partial charge in [-0.15, -0.1) is 0 Å². The van der Waals surface area contributed by atoms with Gasteiger partial charge in [0.2, 0.25) is 0 Å². The molecule has 0 bridgehead atoms. The average molecular weight is 342 g/mol. The molecule has 0 saturated carbocycles. The number of benzene rings is 1. The molecule has 1 rings (SSSR count). The first kappa shape index (κ1) is 14.5. The molecule has 0 aliphatic heterocycles. The summed E-state index contributed by atoms with van der Waals surface area (Å²) in [6.45, 7) is 0. The summed E-state index contributed by atoms with van der Waals surface area (Å²) in [4.78, 5) is 10.3. The number of sulfone groups is 1. The van der Waals surface area contributed by atoms with E-state index < -0.39 is 22.2 Å². The first-order valence-corrected chi connectivity index (χ1v) is 7.65. The second kappa shape index (κ2) is 5.84. The van der Waals surface area contributed by atoms with Crippen LogP contribution in [0.1, 0.15) is 12.0 Å². The fourth-order valence-electron chi connectivity index (χ4n) is 1.19. The third-order valence-electron chi connectivity index (χ3n) is 2.02. The van der Waals surface area contributed by atoms with E-state index in [1.165, 1.54) is 0 Å². The molecule has 7 heteroatoms. The van der Waals surface area contributed by atoms with Crippen LogP contribution in [0.4, 0.5) is 0 Å². The molecule has 0 saturated heterocycles. The maximum atomic E-state index is 11.6. The number of hydrogen-bond donors (Lipinski definition) is 1. The zero-order chi connectivity index (χ0) is 13.1. The van der Waals surface area contributed by atoms with Crippen molar-refractivity contribution < 1.29 is 18.3 Å². The summed E-state index contributed by atoms with van der Waals surface area (Å²) in [7, 11) is -3.45. The first-order valence-electron chi connectivity index (χ1n) is 4.66. The Morgan fingerprint density at radius 1 is 1.41 bits per heavy atom. The van der Waals surface area contributed by atoms with Gasteiger partial charge in [-0.25, -0.2) is 8.42 Å². The summed E-state index contributed by atoms with van der Waals surface area (Å²) in [5, 5.41) is 8.78. The molecule has 0 amide bonds. The lowest BCUT2D eigenvalue weighted by Crippen LogP contribution is -2.13. The number of halogens is 2. The van der Waals surface area contributed by atoms with Crippen LogP contribution in [0.2, 0.25) is 5.02 Å². The third kappa shape index (κ3) is 5.06. The van der Waals surface area contributed by atoms with Crippen LogP contribution < -0.4 is 0 Å². The lowest BCUT2D eigenvalue weighted by atomic mass is 10.2. The maximum Gasteiger partial charge on any atom is 0.304 e. The minimum Gasteiger partial charge on any atom is -0.481 e. The predicted molar refractivity (Wildman–Crippen MR) is 68.9 cm³/mol. The van der Waals surface area contributed by atoms with E-state index in [0.29, 0.717) is 10.6 Å². The smallest absolute Gasteiger partial charge is 0.304 e. The van der Waals surface area contributed by atoms with Crippen molar-refractivity contribution in [1.29, 1.82) is 0 Å². The number of carboxylic acids is 1. The molecule has 0 aliphatic carbocycles. The minimum absolute atomic E-state index is 0.244. The van der Waals surface area contributed by atoms with Gasteiger partial charge in [-0.3, -0.25) is 4.79 Å². The van der Waals surface area contributed by atoms with Crippen LogP contribution in [-0.2, 0) is 20.4 Å². The van der Waals surface area contributed by atoms with Crippen LogP contribution >= 0.6 is 27.5 Å². The van der Waals surface area contributed by atoms with Crippen LogP contribution in [0.15, 0.2) is 22.7 Å². The summed E-state index contributed by atoms with van der Waals surface area (Å²) in [6, 6.07) is 4.89. The zero-order valence-electron chi connectivity index (χ0n) is 8.69. The SMILES string of the molecule is O=C(O)CCS(=O)(=O)Cc1ccc(Br)cc1Cl. The molecule has 94 valence electrons. The maximum absolute atomic E-state index is 11.6. The molecule has 0 unspecified atom stereocenters. The zero-order valence-corrected chi connectivity index (χ0v) is 11.8. The Balaban J connectivity index is 2.79. The van der Waals surface area contributed by atoms with E-state index in [2.05, 4.69) is 15.9 Å². The molecule has 0 aromatic heterocycles. The highest BCUT2D eigenvalue weighted by atomic mass is 79.9. The third-order valence-corrected chi connectivity index (χ3v) is 4.44. The normalized spacial score (nSPS) is 11.4. The van der Waals surface area contributed by atoms with Gasteiger partial charge in [-0.2, -0.15) is 0 Å². The van der Waals surface area contributed by atoms with Gasteiger partial charge in [0.1, 0.15) is 0 Å². The number of aliphatic carboxylic acids is 1. The predicted octanol–water partition coefficient (Wildman–Crippen LogP) is 2.49. The van der Waals surface area contributed by atoms with E-state index in [0.717, 1.165) is 4.47 Å². The topological polar surface area (TPSA) is 71.4 Å². The molecule has 1 aromatic carbocycles. The number of hydrogen-bond acceptors (Lipinski definition) is 3. The van der Waals surface area contributed by atoms with Gasteiger partial charge in [0.25, 0.3) is 0 Å². The van der Waals surface area contributed by atoms with Crippen molar-refractivity contribution in [2.75, 3.05) is 5.75 Å². The quantitative estimate of drug-likeness (QED) is 0.893. The van der Waals surface area contributed by atoms with Crippen molar-refractivity contribution in [3.63, 3.8) is 0 Å². The lowest BCUT2D eigenvalue weighted by molar-refractivity contribution is -0.136. The van der Waals surface area contributed by atoms with Gasteiger partial charge in [-0.05, 0) is 17.7 Å². The fourth-order valence-corrected chi connectivity index (χ4v) is 3.37. The van der Waals surface area contributed by atoms with Gasteiger partial charge in [0, 0.05) is 9.50 Å². The fraction of sp³-hybridized carbons (Fsp3) is 0.300. The Bertz CT molecular complexity index is 527. The van der Waals surface area contributed by atoms with E-state index >= 15 is 0 Å². The second-order valence-electron chi connectivity index (χ2n) is 3.47. The van der Waals surface area contributed by atoms with Gasteiger partial charge in [-0.1, -0.05) is 33.6 Å². The van der Waals surface area contributed by atoms with Crippen molar-refractivity contribution in [3.8, 4) is 0 Å².